The van der Waals surface area contributed by atoms with Crippen LogP contribution in [-0.2, 0) is 11.3 Å². The minimum absolute atomic E-state index is 0.216. The van der Waals surface area contributed by atoms with Crippen molar-refractivity contribution in [2.45, 2.75) is 20.4 Å². The van der Waals surface area contributed by atoms with Crippen LogP contribution in [0.25, 0.3) is 22.5 Å². The summed E-state index contributed by atoms with van der Waals surface area (Å²) < 4.78 is 6.49. The molecule has 0 unspecified atom stereocenters. The zero-order valence-electron chi connectivity index (χ0n) is 17.6. The number of hydrogen-bond donors (Lipinski definition) is 1. The second kappa shape index (κ2) is 9.52. The average molecular weight is 448 g/mol. The molecule has 0 atom stereocenters. The number of thiazole rings is 1. The van der Waals surface area contributed by atoms with E-state index < -0.39 is 5.97 Å². The summed E-state index contributed by atoms with van der Waals surface area (Å²) in [7, 11) is 0. The van der Waals surface area contributed by atoms with E-state index >= 15 is 0 Å². The number of carbonyl (C=O) groups excluding carboxylic acids is 1. The van der Waals surface area contributed by atoms with Gasteiger partial charge in [0, 0.05) is 23.7 Å². The predicted molar refractivity (Wildman–Crippen MR) is 124 cm³/mol. The van der Waals surface area contributed by atoms with Gasteiger partial charge in [-0.05, 0) is 26.0 Å². The zero-order chi connectivity index (χ0) is 22.5. The topological polar surface area (TPSA) is 99.0 Å². The fourth-order valence-electron chi connectivity index (χ4n) is 3.20. The normalized spacial score (nSPS) is 10.7. The molecule has 162 valence electrons. The fourth-order valence-corrected chi connectivity index (χ4v) is 3.90. The number of benzene rings is 1. The van der Waals surface area contributed by atoms with E-state index in [4.69, 9.17) is 4.74 Å². The average Bonchev–Trinajstić information content (AvgIpc) is 3.31. The van der Waals surface area contributed by atoms with Gasteiger partial charge in [0.15, 0.2) is 0 Å². The highest BCUT2D eigenvalue weighted by Gasteiger charge is 2.23. The number of aromatic nitrogens is 4. The van der Waals surface area contributed by atoms with Crippen molar-refractivity contribution in [3.8, 4) is 22.5 Å². The molecular formula is C23H21N5O3S. The molecule has 9 heteroatoms. The summed E-state index contributed by atoms with van der Waals surface area (Å²) in [4.78, 5) is 34.1. The number of carbonyl (C=O) groups is 1. The quantitative estimate of drug-likeness (QED) is 0.420. The number of nitrogens with one attached hydrogen (secondary N) is 1. The Labute approximate surface area is 188 Å². The highest BCUT2D eigenvalue weighted by atomic mass is 32.1. The lowest BCUT2D eigenvalue weighted by Crippen LogP contribution is -2.26. The molecular weight excluding hydrogens is 426 g/mol. The molecule has 32 heavy (non-hydrogen) atoms. The van der Waals surface area contributed by atoms with Crippen LogP contribution in [-0.4, -0.2) is 32.3 Å². The monoisotopic (exact) mass is 447 g/mol. The van der Waals surface area contributed by atoms with Gasteiger partial charge in [0.1, 0.15) is 11.4 Å². The van der Waals surface area contributed by atoms with Crippen LogP contribution in [0.5, 0.6) is 0 Å². The second-order valence-electron chi connectivity index (χ2n) is 6.71. The third-order valence-corrected chi connectivity index (χ3v) is 5.47. The molecule has 0 saturated carbocycles. The minimum Gasteiger partial charge on any atom is -0.461 e. The maximum absolute atomic E-state index is 13.3. The maximum Gasteiger partial charge on any atom is 0.367 e. The first-order valence-electron chi connectivity index (χ1n) is 10.1. The Balaban J connectivity index is 1.97. The number of aryl methyl sites for hydroxylation is 1. The molecule has 0 radical (unpaired) electrons. The summed E-state index contributed by atoms with van der Waals surface area (Å²) >= 11 is 1.16. The number of pyridine rings is 1. The van der Waals surface area contributed by atoms with Crippen molar-refractivity contribution in [1.82, 2.24) is 19.7 Å². The van der Waals surface area contributed by atoms with E-state index in [-0.39, 0.29) is 17.2 Å². The lowest BCUT2D eigenvalue weighted by molar-refractivity contribution is 0.0526. The Morgan fingerprint density at radius 3 is 2.66 bits per heavy atom. The number of esters is 1. The van der Waals surface area contributed by atoms with Gasteiger partial charge in [-0.25, -0.2) is 14.5 Å². The first kappa shape index (κ1) is 21.4. The molecule has 0 aliphatic rings. The molecule has 0 bridgehead atoms. The smallest absolute Gasteiger partial charge is 0.367 e. The number of hydrogen-bond acceptors (Lipinski definition) is 8. The molecule has 0 fully saturated rings. The van der Waals surface area contributed by atoms with Gasteiger partial charge in [-0.2, -0.15) is 5.10 Å². The molecule has 0 amide bonds. The van der Waals surface area contributed by atoms with E-state index in [2.05, 4.69) is 20.4 Å². The summed E-state index contributed by atoms with van der Waals surface area (Å²) in [5, 5.41) is 9.78. The molecule has 1 N–H and O–H groups in total. The first-order valence-corrected chi connectivity index (χ1v) is 11.0. The first-order chi connectivity index (χ1) is 15.6. The predicted octanol–water partition coefficient (Wildman–Crippen LogP) is 4.37. The van der Waals surface area contributed by atoms with Crippen LogP contribution in [0.1, 0.15) is 23.6 Å². The Kier molecular flexibility index (Phi) is 6.37. The number of anilines is 2. The van der Waals surface area contributed by atoms with Gasteiger partial charge < -0.3 is 10.1 Å². The van der Waals surface area contributed by atoms with Crippen LogP contribution in [0.2, 0.25) is 0 Å². The zero-order valence-corrected chi connectivity index (χ0v) is 18.4. The maximum atomic E-state index is 13.3. The van der Waals surface area contributed by atoms with Gasteiger partial charge in [0.25, 0.3) is 5.56 Å². The lowest BCUT2D eigenvalue weighted by atomic mass is 10.0. The van der Waals surface area contributed by atoms with E-state index in [0.717, 1.165) is 16.9 Å². The molecule has 1 aromatic carbocycles. The molecule has 4 rings (SSSR count). The molecule has 0 aliphatic carbocycles. The summed E-state index contributed by atoms with van der Waals surface area (Å²) in [6.07, 6.45) is 3.29. The van der Waals surface area contributed by atoms with Crippen LogP contribution in [0.4, 0.5) is 11.4 Å². The van der Waals surface area contributed by atoms with Crippen molar-refractivity contribution in [3.63, 3.8) is 0 Å². The van der Waals surface area contributed by atoms with Gasteiger partial charge in [0.2, 0.25) is 5.01 Å². The van der Waals surface area contributed by atoms with Gasteiger partial charge >= 0.3 is 5.97 Å². The van der Waals surface area contributed by atoms with Gasteiger partial charge in [0.05, 0.1) is 29.7 Å². The summed E-state index contributed by atoms with van der Waals surface area (Å²) in [5.74, 6) is -0.498. The largest absolute Gasteiger partial charge is 0.461 e. The van der Waals surface area contributed by atoms with Crippen LogP contribution in [0, 0.1) is 0 Å². The van der Waals surface area contributed by atoms with Crippen LogP contribution < -0.4 is 10.9 Å². The fraction of sp³-hybridized carbons (Fsp3) is 0.174. The van der Waals surface area contributed by atoms with Gasteiger partial charge in [-0.15, -0.1) is 11.3 Å². The Morgan fingerprint density at radius 1 is 1.16 bits per heavy atom. The van der Waals surface area contributed by atoms with E-state index in [1.54, 1.807) is 30.8 Å². The van der Waals surface area contributed by atoms with Crippen molar-refractivity contribution in [1.29, 1.82) is 0 Å². The standard InChI is InChI=1S/C23H21N5O3S/c1-3-28-22(29)20(25-16-11-8-12-24-13-16)18(19(27-28)15-9-6-5-7-10-15)17-14-32-21(26-17)23(30)31-4-2/h5-14,25H,3-4H2,1-2H3. The minimum atomic E-state index is -0.498. The summed E-state index contributed by atoms with van der Waals surface area (Å²) in [6, 6.07) is 13.2. The lowest BCUT2D eigenvalue weighted by Gasteiger charge is -2.16. The highest BCUT2D eigenvalue weighted by molar-refractivity contribution is 7.12. The van der Waals surface area contributed by atoms with E-state index in [0.29, 0.717) is 34.9 Å². The van der Waals surface area contributed by atoms with Crippen LogP contribution >= 0.6 is 11.3 Å². The van der Waals surface area contributed by atoms with Crippen molar-refractivity contribution >= 4 is 28.7 Å². The second-order valence-corrected chi connectivity index (χ2v) is 7.57. The number of nitrogens with zero attached hydrogens (tertiary/aromatic N) is 4. The van der Waals surface area contributed by atoms with Crippen molar-refractivity contribution in [2.75, 3.05) is 11.9 Å². The number of rotatable bonds is 7. The van der Waals surface area contributed by atoms with E-state index in [1.807, 2.05) is 43.3 Å². The van der Waals surface area contributed by atoms with Crippen molar-refractivity contribution < 1.29 is 9.53 Å². The highest BCUT2D eigenvalue weighted by Crippen LogP contribution is 2.36. The van der Waals surface area contributed by atoms with E-state index in [1.165, 1.54) is 4.68 Å². The molecule has 0 aliphatic heterocycles. The Bertz CT molecular complexity index is 1290. The Morgan fingerprint density at radius 2 is 1.97 bits per heavy atom. The van der Waals surface area contributed by atoms with Gasteiger partial charge in [-0.3, -0.25) is 9.78 Å². The third-order valence-electron chi connectivity index (χ3n) is 4.64. The SMILES string of the molecule is CCOC(=O)c1nc(-c2c(-c3ccccc3)nn(CC)c(=O)c2Nc2cccnc2)cs1. The molecule has 0 saturated heterocycles. The van der Waals surface area contributed by atoms with Crippen LogP contribution in [0.3, 0.4) is 0 Å². The Hall–Kier alpha value is -3.85. The van der Waals surface area contributed by atoms with Crippen molar-refractivity contribution in [2.24, 2.45) is 0 Å². The molecule has 8 nitrogen and oxygen atoms in total. The van der Waals surface area contributed by atoms with Gasteiger partial charge in [-0.1, -0.05) is 30.3 Å². The number of ether oxygens (including phenoxy) is 1. The molecule has 3 heterocycles. The van der Waals surface area contributed by atoms with Crippen LogP contribution in [0.15, 0.2) is 65.0 Å². The molecule has 3 aromatic heterocycles. The van der Waals surface area contributed by atoms with E-state index in [9.17, 15) is 9.59 Å². The molecule has 0 spiro atoms. The third kappa shape index (κ3) is 4.28. The molecule has 4 aromatic rings. The summed E-state index contributed by atoms with van der Waals surface area (Å²) in [5.41, 5.74) is 3.06. The van der Waals surface area contributed by atoms with Crippen molar-refractivity contribution in [3.05, 3.63) is 75.6 Å². The summed E-state index contributed by atoms with van der Waals surface area (Å²) in [6.45, 7) is 4.25.